The Hall–Kier alpha value is -1.40. The molecule has 1 heterocycles. The maximum atomic E-state index is 12.3. The van der Waals surface area contributed by atoms with Gasteiger partial charge in [-0.3, -0.25) is 4.79 Å². The van der Waals surface area contributed by atoms with Crippen LogP contribution >= 0.6 is 0 Å². The van der Waals surface area contributed by atoms with Crippen LogP contribution in [0.15, 0.2) is 35.2 Å². The summed E-state index contributed by atoms with van der Waals surface area (Å²) in [5.74, 6) is 0.0215. The second-order valence-corrected chi connectivity index (χ2v) is 6.48. The Labute approximate surface area is 113 Å². The molecule has 19 heavy (non-hydrogen) atoms. The van der Waals surface area contributed by atoms with Crippen LogP contribution < -0.4 is 0 Å². The minimum absolute atomic E-state index is 0.0215. The Balaban J connectivity index is 2.11. The molecule has 1 aliphatic heterocycles. The molecule has 1 fully saturated rings. The van der Waals surface area contributed by atoms with Gasteiger partial charge in [0.05, 0.1) is 11.6 Å². The number of nitrogens with zero attached hydrogens (tertiary/aromatic N) is 2. The van der Waals surface area contributed by atoms with Gasteiger partial charge in [-0.1, -0.05) is 25.1 Å². The molecule has 0 spiro atoms. The van der Waals surface area contributed by atoms with Crippen molar-refractivity contribution in [1.29, 1.82) is 0 Å². The van der Waals surface area contributed by atoms with Gasteiger partial charge in [-0.2, -0.15) is 4.31 Å². The summed E-state index contributed by atoms with van der Waals surface area (Å²) in [5.41, 5.74) is 0. The van der Waals surface area contributed by atoms with Crippen molar-refractivity contribution >= 4 is 15.9 Å². The average Bonchev–Trinajstić information content (AvgIpc) is 2.90. The molecule has 1 amide bonds. The van der Waals surface area contributed by atoms with E-state index in [0.717, 1.165) is 6.42 Å². The van der Waals surface area contributed by atoms with Crippen LogP contribution in [0.2, 0.25) is 0 Å². The number of carbonyl (C=O) groups excluding carboxylic acids is 1. The van der Waals surface area contributed by atoms with Crippen molar-refractivity contribution in [3.63, 3.8) is 0 Å². The van der Waals surface area contributed by atoms with Crippen molar-refractivity contribution in [3.8, 4) is 0 Å². The van der Waals surface area contributed by atoms with Crippen LogP contribution in [0.3, 0.4) is 0 Å². The molecule has 0 N–H and O–H groups in total. The predicted molar refractivity (Wildman–Crippen MR) is 71.8 cm³/mol. The quantitative estimate of drug-likeness (QED) is 0.836. The number of hydrogen-bond acceptors (Lipinski definition) is 3. The van der Waals surface area contributed by atoms with Crippen LogP contribution in [0.25, 0.3) is 0 Å². The summed E-state index contributed by atoms with van der Waals surface area (Å²) in [4.78, 5) is 13.6. The SMILES string of the molecule is CCCC(=O)N1CCN(S(=O)(=O)c2ccccc2)C1. The fourth-order valence-electron chi connectivity index (χ4n) is 2.08. The van der Waals surface area contributed by atoms with Crippen LogP contribution in [0.1, 0.15) is 19.8 Å². The van der Waals surface area contributed by atoms with Crippen molar-refractivity contribution in [2.45, 2.75) is 24.7 Å². The van der Waals surface area contributed by atoms with Gasteiger partial charge in [0.25, 0.3) is 0 Å². The van der Waals surface area contributed by atoms with Gasteiger partial charge in [0, 0.05) is 19.5 Å². The predicted octanol–water partition coefficient (Wildman–Crippen LogP) is 1.28. The van der Waals surface area contributed by atoms with Gasteiger partial charge in [-0.15, -0.1) is 0 Å². The number of sulfonamides is 1. The molecular formula is C13H18N2O3S. The summed E-state index contributed by atoms with van der Waals surface area (Å²) in [7, 11) is -3.48. The van der Waals surface area contributed by atoms with Crippen molar-refractivity contribution in [2.24, 2.45) is 0 Å². The van der Waals surface area contributed by atoms with Gasteiger partial charge < -0.3 is 4.90 Å². The molecule has 0 unspecified atom stereocenters. The largest absolute Gasteiger partial charge is 0.327 e. The smallest absolute Gasteiger partial charge is 0.244 e. The topological polar surface area (TPSA) is 57.7 Å². The normalized spacial score (nSPS) is 16.8. The highest BCUT2D eigenvalue weighted by Gasteiger charge is 2.32. The van der Waals surface area contributed by atoms with Crippen LogP contribution in [0.5, 0.6) is 0 Å². The second kappa shape index (κ2) is 5.71. The standard InChI is InChI=1S/C13H18N2O3S/c1-2-6-13(16)14-9-10-15(11-14)19(17,18)12-7-4-3-5-8-12/h3-5,7-8H,2,6,9-11H2,1H3. The molecule has 0 aromatic heterocycles. The first kappa shape index (κ1) is 14.0. The number of rotatable bonds is 4. The number of amides is 1. The summed E-state index contributed by atoms with van der Waals surface area (Å²) in [6.07, 6.45) is 1.25. The fourth-order valence-corrected chi connectivity index (χ4v) is 3.49. The van der Waals surface area contributed by atoms with Gasteiger partial charge >= 0.3 is 0 Å². The van der Waals surface area contributed by atoms with Gasteiger partial charge in [-0.25, -0.2) is 8.42 Å². The van der Waals surface area contributed by atoms with Gasteiger partial charge in [-0.05, 0) is 18.6 Å². The Bertz CT molecular complexity index is 542. The highest BCUT2D eigenvalue weighted by atomic mass is 32.2. The first-order chi connectivity index (χ1) is 9.05. The summed E-state index contributed by atoms with van der Waals surface area (Å²) in [6, 6.07) is 8.32. The monoisotopic (exact) mass is 282 g/mol. The molecule has 6 heteroatoms. The fraction of sp³-hybridized carbons (Fsp3) is 0.462. The molecule has 1 aromatic carbocycles. The van der Waals surface area contributed by atoms with E-state index in [0.29, 0.717) is 19.5 Å². The summed E-state index contributed by atoms with van der Waals surface area (Å²) in [5, 5.41) is 0. The zero-order valence-electron chi connectivity index (χ0n) is 10.9. The average molecular weight is 282 g/mol. The Kier molecular flexibility index (Phi) is 4.21. The summed E-state index contributed by atoms with van der Waals surface area (Å²) < 4.78 is 26.1. The summed E-state index contributed by atoms with van der Waals surface area (Å²) >= 11 is 0. The molecule has 104 valence electrons. The third-order valence-electron chi connectivity index (χ3n) is 3.15. The van der Waals surface area contributed by atoms with E-state index in [9.17, 15) is 13.2 Å². The van der Waals surface area contributed by atoms with Crippen molar-refractivity contribution in [3.05, 3.63) is 30.3 Å². The zero-order chi connectivity index (χ0) is 13.9. The maximum absolute atomic E-state index is 12.3. The second-order valence-electron chi connectivity index (χ2n) is 4.54. The Morgan fingerprint density at radius 2 is 1.89 bits per heavy atom. The number of hydrogen-bond donors (Lipinski definition) is 0. The molecule has 0 radical (unpaired) electrons. The minimum Gasteiger partial charge on any atom is -0.327 e. The van der Waals surface area contributed by atoms with Gasteiger partial charge in [0.15, 0.2) is 0 Å². The zero-order valence-corrected chi connectivity index (χ0v) is 11.8. The molecule has 1 saturated heterocycles. The van der Waals surface area contributed by atoms with E-state index >= 15 is 0 Å². The Morgan fingerprint density at radius 1 is 1.21 bits per heavy atom. The summed E-state index contributed by atoms with van der Waals surface area (Å²) in [6.45, 7) is 2.94. The molecule has 5 nitrogen and oxygen atoms in total. The van der Waals surface area contributed by atoms with E-state index in [1.165, 1.54) is 4.31 Å². The van der Waals surface area contributed by atoms with E-state index in [1.807, 2.05) is 6.92 Å². The van der Waals surface area contributed by atoms with E-state index < -0.39 is 10.0 Å². The third-order valence-corrected chi connectivity index (χ3v) is 4.99. The highest BCUT2D eigenvalue weighted by molar-refractivity contribution is 7.89. The lowest BCUT2D eigenvalue weighted by Crippen LogP contribution is -2.33. The Morgan fingerprint density at radius 3 is 2.53 bits per heavy atom. The molecule has 2 rings (SSSR count). The van der Waals surface area contributed by atoms with E-state index in [4.69, 9.17) is 0 Å². The first-order valence-electron chi connectivity index (χ1n) is 6.38. The molecule has 1 aromatic rings. The van der Waals surface area contributed by atoms with Crippen molar-refractivity contribution in [1.82, 2.24) is 9.21 Å². The first-order valence-corrected chi connectivity index (χ1v) is 7.82. The molecule has 0 atom stereocenters. The molecule has 0 bridgehead atoms. The van der Waals surface area contributed by atoms with E-state index in [2.05, 4.69) is 0 Å². The molecule has 0 saturated carbocycles. The van der Waals surface area contributed by atoms with Gasteiger partial charge in [0.1, 0.15) is 0 Å². The highest BCUT2D eigenvalue weighted by Crippen LogP contribution is 2.19. The van der Waals surface area contributed by atoms with Crippen molar-refractivity contribution < 1.29 is 13.2 Å². The molecular weight excluding hydrogens is 264 g/mol. The van der Waals surface area contributed by atoms with Crippen LogP contribution in [0.4, 0.5) is 0 Å². The maximum Gasteiger partial charge on any atom is 0.244 e. The van der Waals surface area contributed by atoms with Crippen molar-refractivity contribution in [2.75, 3.05) is 19.8 Å². The number of benzene rings is 1. The lowest BCUT2D eigenvalue weighted by atomic mass is 10.3. The van der Waals surface area contributed by atoms with Gasteiger partial charge in [0.2, 0.25) is 15.9 Å². The van der Waals surface area contributed by atoms with E-state index in [1.54, 1.807) is 35.2 Å². The molecule has 1 aliphatic rings. The number of carbonyl (C=O) groups is 1. The van der Waals surface area contributed by atoms with Crippen LogP contribution in [-0.2, 0) is 14.8 Å². The van der Waals surface area contributed by atoms with Crippen LogP contribution in [-0.4, -0.2) is 43.3 Å². The minimum atomic E-state index is -3.48. The lowest BCUT2D eigenvalue weighted by molar-refractivity contribution is -0.130. The lowest BCUT2D eigenvalue weighted by Gasteiger charge is -2.18. The van der Waals surface area contributed by atoms with Crippen LogP contribution in [0, 0.1) is 0 Å². The molecule has 0 aliphatic carbocycles. The third kappa shape index (κ3) is 2.96. The van der Waals surface area contributed by atoms with E-state index in [-0.39, 0.29) is 17.5 Å².